The lowest BCUT2D eigenvalue weighted by Crippen LogP contribution is -2.07. The molecule has 0 spiro atoms. The van der Waals surface area contributed by atoms with Crippen molar-refractivity contribution < 1.29 is 0 Å². The Morgan fingerprint density at radius 1 is 1.31 bits per heavy atom. The maximum Gasteiger partial charge on any atom is 0.0360 e. The maximum absolute atomic E-state index is 4.13. The summed E-state index contributed by atoms with van der Waals surface area (Å²) in [6.45, 7) is 8.27. The van der Waals surface area contributed by atoms with Crippen LogP contribution in [0.1, 0.15) is 34.1 Å². The molecule has 0 saturated carbocycles. The molecule has 2 heteroatoms. The second kappa shape index (κ2) is 6.46. The monoisotopic (exact) mass is 180 g/mol. The molecule has 0 saturated heterocycles. The summed E-state index contributed by atoms with van der Waals surface area (Å²) < 4.78 is 0. The Morgan fingerprint density at radius 2 is 1.92 bits per heavy atom. The van der Waals surface area contributed by atoms with Gasteiger partial charge in [-0.3, -0.25) is 4.99 Å². The first-order chi connectivity index (χ1) is 6.13. The van der Waals surface area contributed by atoms with Crippen molar-refractivity contribution in [3.63, 3.8) is 0 Å². The van der Waals surface area contributed by atoms with E-state index < -0.39 is 0 Å². The van der Waals surface area contributed by atoms with Crippen LogP contribution in [0.2, 0.25) is 0 Å². The highest BCUT2D eigenvalue weighted by atomic mass is 14.8. The highest BCUT2D eigenvalue weighted by Gasteiger charge is 1.97. The summed E-state index contributed by atoms with van der Waals surface area (Å²) >= 11 is 0. The molecule has 0 atom stereocenters. The van der Waals surface area contributed by atoms with Gasteiger partial charge in [0.05, 0.1) is 0 Å². The molecule has 0 aromatic rings. The van der Waals surface area contributed by atoms with E-state index in [1.807, 2.05) is 20.2 Å². The van der Waals surface area contributed by atoms with Crippen LogP contribution in [0.15, 0.2) is 28.5 Å². The number of aliphatic imine (C=N–C) groups is 1. The van der Waals surface area contributed by atoms with Crippen molar-refractivity contribution >= 4 is 5.71 Å². The van der Waals surface area contributed by atoms with E-state index in [0.29, 0.717) is 0 Å². The van der Waals surface area contributed by atoms with Gasteiger partial charge in [-0.25, -0.2) is 0 Å². The van der Waals surface area contributed by atoms with Crippen molar-refractivity contribution in [2.24, 2.45) is 4.99 Å². The van der Waals surface area contributed by atoms with Crippen LogP contribution < -0.4 is 5.32 Å². The van der Waals surface area contributed by atoms with Crippen LogP contribution in [0.25, 0.3) is 0 Å². The fourth-order valence-corrected chi connectivity index (χ4v) is 0.849. The number of allylic oxidation sites excluding steroid dienone is 3. The van der Waals surface area contributed by atoms with Crippen molar-refractivity contribution in [1.82, 2.24) is 5.32 Å². The van der Waals surface area contributed by atoms with E-state index in [1.165, 1.54) is 5.57 Å². The molecular weight excluding hydrogens is 160 g/mol. The van der Waals surface area contributed by atoms with Crippen LogP contribution in [0.3, 0.4) is 0 Å². The van der Waals surface area contributed by atoms with E-state index in [0.717, 1.165) is 17.8 Å². The molecule has 0 amide bonds. The zero-order valence-electron chi connectivity index (χ0n) is 9.31. The van der Waals surface area contributed by atoms with Gasteiger partial charge in [-0.2, -0.15) is 0 Å². The van der Waals surface area contributed by atoms with E-state index in [-0.39, 0.29) is 0 Å². The third kappa shape index (κ3) is 4.51. The summed E-state index contributed by atoms with van der Waals surface area (Å²) in [4.78, 5) is 4.13. The summed E-state index contributed by atoms with van der Waals surface area (Å²) in [6, 6.07) is 0. The Hall–Kier alpha value is -1.05. The minimum atomic E-state index is 1.06. The molecule has 0 aromatic carbocycles. The maximum atomic E-state index is 4.13. The molecule has 0 aliphatic carbocycles. The first-order valence-corrected chi connectivity index (χ1v) is 4.66. The van der Waals surface area contributed by atoms with Crippen LogP contribution in [-0.2, 0) is 0 Å². The first kappa shape index (κ1) is 11.9. The van der Waals surface area contributed by atoms with Crippen LogP contribution in [0.4, 0.5) is 0 Å². The lowest BCUT2D eigenvalue weighted by Gasteiger charge is -2.06. The Balaban J connectivity index is 4.36. The van der Waals surface area contributed by atoms with E-state index >= 15 is 0 Å². The minimum absolute atomic E-state index is 1.06. The van der Waals surface area contributed by atoms with E-state index in [2.05, 4.69) is 37.2 Å². The third-order valence-corrected chi connectivity index (χ3v) is 2.09. The van der Waals surface area contributed by atoms with E-state index in [9.17, 15) is 0 Å². The Labute approximate surface area is 81.5 Å². The quantitative estimate of drug-likeness (QED) is 0.661. The van der Waals surface area contributed by atoms with E-state index in [1.54, 1.807) is 0 Å². The fourth-order valence-electron chi connectivity index (χ4n) is 0.849. The molecule has 0 rings (SSSR count). The Kier molecular flexibility index (Phi) is 5.94. The third-order valence-electron chi connectivity index (χ3n) is 2.09. The van der Waals surface area contributed by atoms with Crippen LogP contribution in [-0.4, -0.2) is 12.8 Å². The summed E-state index contributed by atoms with van der Waals surface area (Å²) in [5.74, 6) is 0. The summed E-state index contributed by atoms with van der Waals surface area (Å²) in [5, 5.41) is 3.22. The molecule has 74 valence electrons. The zero-order chi connectivity index (χ0) is 10.3. The summed E-state index contributed by atoms with van der Waals surface area (Å²) in [6.07, 6.45) is 5.12. The number of nitrogens with one attached hydrogen (secondary N) is 1. The first-order valence-electron chi connectivity index (χ1n) is 4.66. The van der Waals surface area contributed by atoms with Crippen LogP contribution in [0, 0.1) is 0 Å². The second-order valence-electron chi connectivity index (χ2n) is 3.01. The number of hydrogen-bond donors (Lipinski definition) is 1. The summed E-state index contributed by atoms with van der Waals surface area (Å²) in [7, 11) is 1.81. The van der Waals surface area contributed by atoms with Crippen molar-refractivity contribution in [2.75, 3.05) is 7.05 Å². The molecule has 0 aliphatic rings. The largest absolute Gasteiger partial charge is 0.365 e. The van der Waals surface area contributed by atoms with E-state index in [4.69, 9.17) is 0 Å². The molecule has 0 heterocycles. The van der Waals surface area contributed by atoms with Gasteiger partial charge in [-0.15, -0.1) is 0 Å². The Morgan fingerprint density at radius 3 is 2.38 bits per heavy atom. The highest BCUT2D eigenvalue weighted by Crippen LogP contribution is 2.02. The van der Waals surface area contributed by atoms with Crippen LogP contribution in [0.5, 0.6) is 0 Å². The summed E-state index contributed by atoms with van der Waals surface area (Å²) in [5.41, 5.74) is 3.45. The minimum Gasteiger partial charge on any atom is -0.365 e. The van der Waals surface area contributed by atoms with Gasteiger partial charge >= 0.3 is 0 Å². The standard InChI is InChI=1S/C11H20N2/c1-6-7-8-13-11(4)9(2)10(3)12-5/h7-8,13H,6H2,1-5H3/b8-7-,11-9+,12-10-. The van der Waals surface area contributed by atoms with Crippen molar-refractivity contribution in [1.29, 1.82) is 0 Å². The molecule has 0 fully saturated rings. The molecule has 0 bridgehead atoms. The molecule has 0 radical (unpaired) electrons. The molecule has 0 aliphatic heterocycles. The molecule has 13 heavy (non-hydrogen) atoms. The normalized spacial score (nSPS) is 14.7. The lowest BCUT2D eigenvalue weighted by atomic mass is 10.1. The topological polar surface area (TPSA) is 24.4 Å². The number of rotatable bonds is 4. The van der Waals surface area contributed by atoms with Gasteiger partial charge in [0.15, 0.2) is 0 Å². The van der Waals surface area contributed by atoms with Crippen molar-refractivity contribution in [3.05, 3.63) is 23.5 Å². The second-order valence-corrected chi connectivity index (χ2v) is 3.01. The Bertz CT molecular complexity index is 234. The van der Waals surface area contributed by atoms with Gasteiger partial charge in [-0.05, 0) is 39.0 Å². The van der Waals surface area contributed by atoms with Crippen LogP contribution >= 0.6 is 0 Å². The lowest BCUT2D eigenvalue weighted by molar-refractivity contribution is 1.02. The average molecular weight is 180 g/mol. The van der Waals surface area contributed by atoms with Gasteiger partial charge in [0.1, 0.15) is 0 Å². The van der Waals surface area contributed by atoms with Gasteiger partial charge in [0.2, 0.25) is 0 Å². The molecular formula is C11H20N2. The fraction of sp³-hybridized carbons (Fsp3) is 0.545. The van der Waals surface area contributed by atoms with Gasteiger partial charge in [0.25, 0.3) is 0 Å². The SMILES string of the molecule is CC/C=C\N/C(C)=C(C)/C(C)=N\C. The number of nitrogens with zero attached hydrogens (tertiary/aromatic N) is 1. The molecule has 0 unspecified atom stereocenters. The predicted octanol–water partition coefficient (Wildman–Crippen LogP) is 2.88. The van der Waals surface area contributed by atoms with Crippen molar-refractivity contribution in [2.45, 2.75) is 34.1 Å². The van der Waals surface area contributed by atoms with Gasteiger partial charge < -0.3 is 5.32 Å². The van der Waals surface area contributed by atoms with Crippen molar-refractivity contribution in [3.8, 4) is 0 Å². The molecule has 1 N–H and O–H groups in total. The zero-order valence-corrected chi connectivity index (χ0v) is 9.31. The molecule has 2 nitrogen and oxygen atoms in total. The average Bonchev–Trinajstić information content (AvgIpc) is 2.15. The number of hydrogen-bond acceptors (Lipinski definition) is 2. The van der Waals surface area contributed by atoms with Gasteiger partial charge in [-0.1, -0.05) is 13.0 Å². The predicted molar refractivity (Wildman–Crippen MR) is 60.0 cm³/mol. The smallest absolute Gasteiger partial charge is 0.0360 e. The van der Waals surface area contributed by atoms with Gasteiger partial charge in [0, 0.05) is 18.5 Å². The molecule has 0 aromatic heterocycles. The highest BCUT2D eigenvalue weighted by molar-refractivity contribution is 5.98.